The van der Waals surface area contributed by atoms with E-state index in [0.717, 1.165) is 16.0 Å². The zero-order chi connectivity index (χ0) is 21.4. The highest BCUT2D eigenvalue weighted by molar-refractivity contribution is 6.30. The monoisotopic (exact) mass is 449 g/mol. The molecule has 2 aromatic rings. The fourth-order valence-electron chi connectivity index (χ4n) is 2.91. The first-order valence-corrected chi connectivity index (χ1v) is 10.0. The highest BCUT2D eigenvalue weighted by atomic mass is 35.5. The molecular formula is C23H29Cl2N3O2. The molecule has 0 aliphatic rings. The average molecular weight is 450 g/mol. The van der Waals surface area contributed by atoms with E-state index >= 15 is 0 Å². The largest absolute Gasteiger partial charge is 0.320 e. The van der Waals surface area contributed by atoms with Crippen molar-refractivity contribution in [3.8, 4) is 0 Å². The Balaban J connectivity index is 0.00000450. The summed E-state index contributed by atoms with van der Waals surface area (Å²) in [5.41, 5.74) is 13.9. The van der Waals surface area contributed by atoms with Gasteiger partial charge in [-0.1, -0.05) is 67.9 Å². The van der Waals surface area contributed by atoms with Crippen molar-refractivity contribution in [1.29, 1.82) is 0 Å². The molecule has 0 radical (unpaired) electrons. The lowest BCUT2D eigenvalue weighted by atomic mass is 10.0. The third kappa shape index (κ3) is 7.92. The standard InChI is InChI=1S/C23H28ClN3O2.ClH/c1-16(2)14-20(25)22(28)27(13-12-17-6-4-3-5-7-17)23(29)21(26)15-18-8-10-19(24)11-9-18;/h3-13,16,20-21H,14-15,25-26H2,1-2H3;1H/t20-,21-;/m0./s1. The second kappa shape index (κ2) is 12.5. The number of carbonyl (C=O) groups is 2. The molecular weight excluding hydrogens is 421 g/mol. The van der Waals surface area contributed by atoms with Crippen LogP contribution in [0.2, 0.25) is 5.02 Å². The predicted octanol–water partition coefficient (Wildman–Crippen LogP) is 4.03. The number of benzene rings is 2. The van der Waals surface area contributed by atoms with Crippen LogP contribution < -0.4 is 11.5 Å². The SMILES string of the molecule is CC(C)C[C@H](N)C(=O)N(C=Cc1ccccc1)C(=O)[C@@H](N)Cc1ccc(Cl)cc1.Cl. The summed E-state index contributed by atoms with van der Waals surface area (Å²) in [4.78, 5) is 27.0. The van der Waals surface area contributed by atoms with Crippen molar-refractivity contribution in [2.45, 2.75) is 38.8 Å². The number of nitrogens with zero attached hydrogens (tertiary/aromatic N) is 1. The van der Waals surface area contributed by atoms with Crippen LogP contribution in [0, 0.1) is 5.92 Å². The molecule has 0 fully saturated rings. The molecule has 2 aromatic carbocycles. The Kier molecular flexibility index (Phi) is 10.8. The van der Waals surface area contributed by atoms with Crippen LogP contribution in [0.1, 0.15) is 31.4 Å². The average Bonchev–Trinajstić information content (AvgIpc) is 2.69. The van der Waals surface area contributed by atoms with Crippen molar-refractivity contribution >= 4 is 41.9 Å². The molecule has 30 heavy (non-hydrogen) atoms. The number of rotatable bonds is 8. The van der Waals surface area contributed by atoms with Crippen LogP contribution in [-0.2, 0) is 16.0 Å². The Morgan fingerprint density at radius 3 is 2.10 bits per heavy atom. The summed E-state index contributed by atoms with van der Waals surface area (Å²) in [6, 6.07) is 14.9. The maximum atomic E-state index is 13.0. The van der Waals surface area contributed by atoms with Crippen molar-refractivity contribution in [3.05, 3.63) is 76.9 Å². The van der Waals surface area contributed by atoms with Crippen LogP contribution in [0.15, 0.2) is 60.8 Å². The quantitative estimate of drug-likeness (QED) is 0.636. The summed E-state index contributed by atoms with van der Waals surface area (Å²) >= 11 is 5.90. The smallest absolute Gasteiger partial charge is 0.250 e. The normalized spacial score (nSPS) is 13.0. The van der Waals surface area contributed by atoms with Gasteiger partial charge in [0.05, 0.1) is 12.1 Å². The summed E-state index contributed by atoms with van der Waals surface area (Å²) < 4.78 is 0. The topological polar surface area (TPSA) is 89.4 Å². The van der Waals surface area contributed by atoms with Gasteiger partial charge in [0.2, 0.25) is 5.91 Å². The molecule has 2 atom stereocenters. The highest BCUT2D eigenvalue weighted by Gasteiger charge is 2.29. The first-order valence-electron chi connectivity index (χ1n) is 9.63. The number of carbonyl (C=O) groups excluding carboxylic acids is 2. The lowest BCUT2D eigenvalue weighted by Gasteiger charge is -2.24. The zero-order valence-electron chi connectivity index (χ0n) is 17.2. The van der Waals surface area contributed by atoms with Crippen LogP contribution in [-0.4, -0.2) is 28.8 Å². The minimum Gasteiger partial charge on any atom is -0.320 e. The van der Waals surface area contributed by atoms with Gasteiger partial charge in [-0.05, 0) is 48.1 Å². The van der Waals surface area contributed by atoms with Crippen LogP contribution in [0.5, 0.6) is 0 Å². The molecule has 0 aromatic heterocycles. The third-order valence-electron chi connectivity index (χ3n) is 4.42. The van der Waals surface area contributed by atoms with Gasteiger partial charge in [0, 0.05) is 11.2 Å². The second-order valence-corrected chi connectivity index (χ2v) is 7.88. The van der Waals surface area contributed by atoms with E-state index in [1.54, 1.807) is 18.2 Å². The zero-order valence-corrected chi connectivity index (χ0v) is 18.8. The molecule has 0 aliphatic carbocycles. The minimum atomic E-state index is -0.883. The van der Waals surface area contributed by atoms with E-state index in [0.29, 0.717) is 17.9 Å². The molecule has 0 spiro atoms. The van der Waals surface area contributed by atoms with Crippen molar-refractivity contribution in [2.75, 3.05) is 0 Å². The summed E-state index contributed by atoms with van der Waals surface area (Å²) in [6.45, 7) is 3.96. The van der Waals surface area contributed by atoms with Gasteiger partial charge in [-0.15, -0.1) is 12.4 Å². The van der Waals surface area contributed by atoms with Crippen molar-refractivity contribution in [1.82, 2.24) is 4.90 Å². The molecule has 4 N–H and O–H groups in total. The number of hydrogen-bond acceptors (Lipinski definition) is 4. The molecule has 5 nitrogen and oxygen atoms in total. The van der Waals surface area contributed by atoms with Gasteiger partial charge in [-0.25, -0.2) is 0 Å². The van der Waals surface area contributed by atoms with E-state index in [-0.39, 0.29) is 18.3 Å². The molecule has 2 rings (SSSR count). The first-order chi connectivity index (χ1) is 13.8. The molecule has 0 aliphatic heterocycles. The molecule has 7 heteroatoms. The minimum absolute atomic E-state index is 0. The van der Waals surface area contributed by atoms with E-state index in [1.807, 2.05) is 56.3 Å². The van der Waals surface area contributed by atoms with Crippen molar-refractivity contribution < 1.29 is 9.59 Å². The number of hydrogen-bond donors (Lipinski definition) is 2. The first kappa shape index (κ1) is 25.9. The molecule has 162 valence electrons. The van der Waals surface area contributed by atoms with Gasteiger partial charge in [0.15, 0.2) is 0 Å². The van der Waals surface area contributed by atoms with Gasteiger partial charge < -0.3 is 11.5 Å². The van der Waals surface area contributed by atoms with E-state index in [2.05, 4.69) is 0 Å². The Morgan fingerprint density at radius 2 is 1.53 bits per heavy atom. The Morgan fingerprint density at radius 1 is 0.967 bits per heavy atom. The highest BCUT2D eigenvalue weighted by Crippen LogP contribution is 2.14. The molecule has 0 saturated carbocycles. The molecule has 0 bridgehead atoms. The number of halogens is 2. The van der Waals surface area contributed by atoms with Crippen LogP contribution >= 0.6 is 24.0 Å². The summed E-state index contributed by atoms with van der Waals surface area (Å²) in [6.07, 6.45) is 3.93. The van der Waals surface area contributed by atoms with Gasteiger partial charge in [0.25, 0.3) is 5.91 Å². The van der Waals surface area contributed by atoms with Crippen molar-refractivity contribution in [2.24, 2.45) is 17.4 Å². The lowest BCUT2D eigenvalue weighted by molar-refractivity contribution is -0.143. The Hall–Kier alpha value is -2.18. The summed E-state index contributed by atoms with van der Waals surface area (Å²) in [5.74, 6) is -0.717. The Labute approximate surface area is 189 Å². The van der Waals surface area contributed by atoms with E-state index in [1.165, 1.54) is 6.20 Å². The number of amides is 2. The molecule has 0 unspecified atom stereocenters. The third-order valence-corrected chi connectivity index (χ3v) is 4.67. The van der Waals surface area contributed by atoms with E-state index in [4.69, 9.17) is 23.1 Å². The Bertz CT molecular complexity index is 839. The van der Waals surface area contributed by atoms with E-state index < -0.39 is 23.9 Å². The number of nitrogens with two attached hydrogens (primary N) is 2. The molecule has 2 amide bonds. The summed E-state index contributed by atoms with van der Waals surface area (Å²) in [7, 11) is 0. The van der Waals surface area contributed by atoms with Gasteiger partial charge in [-0.2, -0.15) is 0 Å². The number of imide groups is 1. The lowest BCUT2D eigenvalue weighted by Crippen LogP contribution is -2.50. The van der Waals surface area contributed by atoms with Gasteiger partial charge >= 0.3 is 0 Å². The summed E-state index contributed by atoms with van der Waals surface area (Å²) in [5, 5.41) is 0.607. The predicted molar refractivity (Wildman–Crippen MR) is 125 cm³/mol. The molecule has 0 heterocycles. The molecule has 0 saturated heterocycles. The van der Waals surface area contributed by atoms with Crippen LogP contribution in [0.3, 0.4) is 0 Å². The fraction of sp³-hybridized carbons (Fsp3) is 0.304. The second-order valence-electron chi connectivity index (χ2n) is 7.45. The van der Waals surface area contributed by atoms with Gasteiger partial charge in [0.1, 0.15) is 0 Å². The van der Waals surface area contributed by atoms with E-state index in [9.17, 15) is 9.59 Å². The fourth-order valence-corrected chi connectivity index (χ4v) is 3.03. The maximum absolute atomic E-state index is 13.0. The van der Waals surface area contributed by atoms with Crippen molar-refractivity contribution in [3.63, 3.8) is 0 Å². The van der Waals surface area contributed by atoms with Crippen LogP contribution in [0.4, 0.5) is 0 Å². The maximum Gasteiger partial charge on any atom is 0.250 e. The van der Waals surface area contributed by atoms with Gasteiger partial charge in [-0.3, -0.25) is 14.5 Å². The van der Waals surface area contributed by atoms with Crippen LogP contribution in [0.25, 0.3) is 6.08 Å².